The summed E-state index contributed by atoms with van der Waals surface area (Å²) in [7, 11) is 0. The Bertz CT molecular complexity index is 657. The molecule has 0 saturated heterocycles. The molecule has 0 N–H and O–H groups in total. The summed E-state index contributed by atoms with van der Waals surface area (Å²) >= 11 is 0. The zero-order chi connectivity index (χ0) is 20.1. The minimum Gasteiger partial charge on any atom is -0.465 e. The number of ketones is 1. The molecule has 3 aliphatic carbocycles. The van der Waals surface area contributed by atoms with E-state index in [4.69, 9.17) is 4.74 Å². The number of esters is 1. The third-order valence-electron chi connectivity index (χ3n) is 7.49. The maximum Gasteiger partial charge on any atom is 0.305 e. The minimum atomic E-state index is -0.0176. The molecule has 1 saturated carbocycles. The first-order valence-corrected chi connectivity index (χ1v) is 11.6. The molecule has 0 aromatic carbocycles. The van der Waals surface area contributed by atoms with Gasteiger partial charge in [0.1, 0.15) is 0 Å². The lowest BCUT2D eigenvalue weighted by Gasteiger charge is -2.49. The zero-order valence-electron chi connectivity index (χ0n) is 18.1. The van der Waals surface area contributed by atoms with Crippen molar-refractivity contribution in [1.82, 2.24) is 0 Å². The number of allylic oxidation sites excluding steroid dienone is 4. The van der Waals surface area contributed by atoms with Crippen molar-refractivity contribution in [3.05, 3.63) is 22.8 Å². The first-order valence-electron chi connectivity index (χ1n) is 11.6. The van der Waals surface area contributed by atoms with Crippen LogP contribution < -0.4 is 0 Å². The van der Waals surface area contributed by atoms with Gasteiger partial charge in [0.15, 0.2) is 5.78 Å². The van der Waals surface area contributed by atoms with E-state index in [0.29, 0.717) is 37.1 Å². The Morgan fingerprint density at radius 2 is 1.96 bits per heavy atom. The van der Waals surface area contributed by atoms with Gasteiger partial charge in [-0.15, -0.1) is 0 Å². The number of rotatable bonds is 8. The summed E-state index contributed by atoms with van der Waals surface area (Å²) in [4.78, 5) is 24.0. The van der Waals surface area contributed by atoms with E-state index < -0.39 is 0 Å². The molecule has 1 fully saturated rings. The van der Waals surface area contributed by atoms with Gasteiger partial charge in [0.2, 0.25) is 0 Å². The Hall–Kier alpha value is -1.38. The van der Waals surface area contributed by atoms with Crippen molar-refractivity contribution in [2.75, 3.05) is 6.61 Å². The van der Waals surface area contributed by atoms with E-state index in [-0.39, 0.29) is 11.4 Å². The first kappa shape index (κ1) is 21.3. The highest BCUT2D eigenvalue weighted by atomic mass is 16.5. The molecule has 0 spiro atoms. The maximum atomic E-state index is 12.2. The molecule has 3 heteroatoms. The van der Waals surface area contributed by atoms with Crippen LogP contribution in [0.25, 0.3) is 0 Å². The van der Waals surface area contributed by atoms with E-state index in [2.05, 4.69) is 20.8 Å². The monoisotopic (exact) mass is 386 g/mol. The Morgan fingerprint density at radius 1 is 1.14 bits per heavy atom. The highest BCUT2D eigenvalue weighted by Crippen LogP contribution is 2.54. The average molecular weight is 387 g/mol. The molecule has 3 nitrogen and oxygen atoms in total. The number of carbonyl (C=O) groups is 2. The fourth-order valence-electron chi connectivity index (χ4n) is 5.90. The van der Waals surface area contributed by atoms with Gasteiger partial charge in [-0.2, -0.15) is 0 Å². The Kier molecular flexibility index (Phi) is 7.17. The van der Waals surface area contributed by atoms with Crippen LogP contribution in [0.3, 0.4) is 0 Å². The molecule has 0 heterocycles. The van der Waals surface area contributed by atoms with Crippen LogP contribution in [0.4, 0.5) is 0 Å². The maximum absolute atomic E-state index is 12.2. The molecular weight excluding hydrogens is 348 g/mol. The number of unbranched alkanes of at least 4 members (excludes halogenated alkanes) is 3. The number of carbonyl (C=O) groups excluding carboxylic acids is 2. The normalized spacial score (nSPS) is 29.8. The Balaban J connectivity index is 1.65. The van der Waals surface area contributed by atoms with Gasteiger partial charge < -0.3 is 4.74 Å². The average Bonchev–Trinajstić information content (AvgIpc) is 2.69. The number of hydrogen-bond acceptors (Lipinski definition) is 3. The van der Waals surface area contributed by atoms with E-state index in [1.165, 1.54) is 24.0 Å². The quantitative estimate of drug-likeness (QED) is 0.362. The molecule has 3 aliphatic rings. The fraction of sp³-hybridized carbons (Fsp3) is 0.760. The Morgan fingerprint density at radius 3 is 2.71 bits per heavy atom. The van der Waals surface area contributed by atoms with Crippen LogP contribution in [-0.2, 0) is 14.3 Å². The second kappa shape index (κ2) is 9.41. The third kappa shape index (κ3) is 4.60. The van der Waals surface area contributed by atoms with Crippen molar-refractivity contribution in [3.8, 4) is 0 Å². The first-order chi connectivity index (χ1) is 13.5. The van der Waals surface area contributed by atoms with Crippen LogP contribution in [0, 0.1) is 17.3 Å². The van der Waals surface area contributed by atoms with Gasteiger partial charge in [0.25, 0.3) is 0 Å². The van der Waals surface area contributed by atoms with Gasteiger partial charge in [-0.1, -0.05) is 52.0 Å². The molecule has 156 valence electrons. The molecule has 0 aromatic heterocycles. The minimum absolute atomic E-state index is 0.0176. The lowest BCUT2D eigenvalue weighted by atomic mass is 9.56. The summed E-state index contributed by atoms with van der Waals surface area (Å²) in [6.07, 6.45) is 14.1. The molecule has 0 aromatic rings. The van der Waals surface area contributed by atoms with Gasteiger partial charge in [-0.3, -0.25) is 9.59 Å². The van der Waals surface area contributed by atoms with E-state index in [1.54, 1.807) is 5.57 Å². The topological polar surface area (TPSA) is 43.4 Å². The SMILES string of the molecule is CCCCCCC(=O)OC[C@@]1(C)CCC2=C3CCC(=O)C=C3CC[C@H]2[C@@H]1CC. The molecule has 0 amide bonds. The van der Waals surface area contributed by atoms with Crippen LogP contribution in [0.2, 0.25) is 0 Å². The van der Waals surface area contributed by atoms with E-state index in [9.17, 15) is 9.59 Å². The van der Waals surface area contributed by atoms with E-state index >= 15 is 0 Å². The van der Waals surface area contributed by atoms with Crippen LogP contribution in [0.5, 0.6) is 0 Å². The Labute approximate surface area is 171 Å². The fourth-order valence-corrected chi connectivity index (χ4v) is 5.90. The zero-order valence-corrected chi connectivity index (χ0v) is 18.1. The largest absolute Gasteiger partial charge is 0.465 e. The second-order valence-corrected chi connectivity index (χ2v) is 9.42. The number of hydrogen-bond donors (Lipinski definition) is 0. The predicted molar refractivity (Wildman–Crippen MR) is 113 cm³/mol. The third-order valence-corrected chi connectivity index (χ3v) is 7.49. The smallest absolute Gasteiger partial charge is 0.305 e. The van der Waals surface area contributed by atoms with Crippen molar-refractivity contribution in [2.24, 2.45) is 17.3 Å². The standard InChI is InChI=1S/C25H38O3/c1-4-6-7-8-9-24(27)28-17-25(3)15-14-21-20-13-11-19(26)16-18(20)10-12-22(21)23(25)5-2/h16,22-23H,4-15,17H2,1-3H3/t22-,23+,25-/m1/s1. The van der Waals surface area contributed by atoms with Crippen LogP contribution in [-0.4, -0.2) is 18.4 Å². The van der Waals surface area contributed by atoms with Crippen molar-refractivity contribution in [3.63, 3.8) is 0 Å². The molecule has 0 radical (unpaired) electrons. The lowest BCUT2D eigenvalue weighted by Crippen LogP contribution is -2.43. The summed E-state index contributed by atoms with van der Waals surface area (Å²) in [5, 5.41) is 0. The van der Waals surface area contributed by atoms with Crippen LogP contribution in [0.1, 0.15) is 97.8 Å². The lowest BCUT2D eigenvalue weighted by molar-refractivity contribution is -0.149. The summed E-state index contributed by atoms with van der Waals surface area (Å²) in [5.41, 5.74) is 4.53. The number of fused-ring (bicyclic) bond motifs is 2. The molecule has 0 bridgehead atoms. The summed E-state index contributed by atoms with van der Waals surface area (Å²) in [6.45, 7) is 7.38. The molecule has 28 heavy (non-hydrogen) atoms. The predicted octanol–water partition coefficient (Wildman–Crippen LogP) is 6.32. The van der Waals surface area contributed by atoms with Gasteiger partial charge in [0, 0.05) is 18.3 Å². The van der Waals surface area contributed by atoms with Crippen LogP contribution in [0.15, 0.2) is 22.8 Å². The summed E-state index contributed by atoms with van der Waals surface area (Å²) < 4.78 is 5.79. The van der Waals surface area contributed by atoms with Crippen molar-refractivity contribution in [1.29, 1.82) is 0 Å². The highest BCUT2D eigenvalue weighted by Gasteiger charge is 2.46. The van der Waals surface area contributed by atoms with Gasteiger partial charge in [0.05, 0.1) is 6.61 Å². The molecule has 0 unspecified atom stereocenters. The molecular formula is C25H38O3. The van der Waals surface area contributed by atoms with Gasteiger partial charge >= 0.3 is 5.97 Å². The van der Waals surface area contributed by atoms with Crippen molar-refractivity contribution >= 4 is 11.8 Å². The van der Waals surface area contributed by atoms with E-state index in [1.807, 2.05) is 6.08 Å². The molecule has 0 aliphatic heterocycles. The van der Waals surface area contributed by atoms with Crippen molar-refractivity contribution < 1.29 is 14.3 Å². The highest BCUT2D eigenvalue weighted by molar-refractivity contribution is 5.93. The molecule has 3 rings (SSSR count). The van der Waals surface area contributed by atoms with Gasteiger partial charge in [-0.25, -0.2) is 0 Å². The van der Waals surface area contributed by atoms with Crippen molar-refractivity contribution in [2.45, 2.75) is 97.8 Å². The van der Waals surface area contributed by atoms with E-state index in [0.717, 1.165) is 51.4 Å². The summed E-state index contributed by atoms with van der Waals surface area (Å²) in [6, 6.07) is 0. The second-order valence-electron chi connectivity index (χ2n) is 9.42. The van der Waals surface area contributed by atoms with Gasteiger partial charge in [-0.05, 0) is 67.6 Å². The summed E-state index contributed by atoms with van der Waals surface area (Å²) in [5.74, 6) is 1.45. The van der Waals surface area contributed by atoms with Crippen LogP contribution >= 0.6 is 0 Å². The molecule has 3 atom stereocenters. The number of ether oxygens (including phenoxy) is 1.